The van der Waals surface area contributed by atoms with E-state index in [-0.39, 0.29) is 31.4 Å². The highest BCUT2D eigenvalue weighted by molar-refractivity contribution is 5.92. The third kappa shape index (κ3) is 6.00. The number of nitrogens with one attached hydrogen (secondary N) is 1. The smallest absolute Gasteiger partial charge is 0.435 e. The summed E-state index contributed by atoms with van der Waals surface area (Å²) in [7, 11) is 1.58. The summed E-state index contributed by atoms with van der Waals surface area (Å²) in [5.41, 5.74) is -0.293. The molecule has 1 amide bonds. The van der Waals surface area contributed by atoms with Crippen molar-refractivity contribution in [2.75, 3.05) is 13.7 Å². The minimum atomic E-state index is -4.47. The van der Waals surface area contributed by atoms with Gasteiger partial charge in [-0.2, -0.15) is 23.4 Å². The summed E-state index contributed by atoms with van der Waals surface area (Å²) in [5.74, 6) is 0.968. The molecule has 0 saturated heterocycles. The van der Waals surface area contributed by atoms with Crippen molar-refractivity contribution in [2.45, 2.75) is 32.8 Å². The first-order valence-corrected chi connectivity index (χ1v) is 9.46. The summed E-state index contributed by atoms with van der Waals surface area (Å²) in [6.07, 6.45) is -2.43. The fraction of sp³-hybridized carbons (Fsp3) is 0.350. The Kier molecular flexibility index (Phi) is 6.83. The Morgan fingerprint density at radius 1 is 1.13 bits per heavy atom. The predicted molar refractivity (Wildman–Crippen MR) is 105 cm³/mol. The molecule has 0 spiro atoms. The first-order valence-electron chi connectivity index (χ1n) is 9.46. The minimum absolute atomic E-state index is 0.125. The summed E-state index contributed by atoms with van der Waals surface area (Å²) < 4.78 is 51.5. The lowest BCUT2D eigenvalue weighted by Crippen LogP contribution is -2.26. The monoisotopic (exact) mass is 437 g/mol. The molecule has 0 atom stereocenters. The van der Waals surface area contributed by atoms with E-state index in [9.17, 15) is 18.0 Å². The number of hydrogen-bond acceptors (Lipinski definition) is 5. The number of amides is 1. The van der Waals surface area contributed by atoms with E-state index in [0.717, 1.165) is 6.07 Å². The number of benzene rings is 1. The average molecular weight is 437 g/mol. The number of methoxy groups -OCH3 is 1. The first kappa shape index (κ1) is 22.2. The standard InChI is InChI=1S/C20H22F3N5O3/c1-14-12-18(20(21,22)23)26-28(14)10-3-9-24-19(29)17-8-11-27(25-17)13-31-16-6-4-15(30-2)5-7-16/h4-8,11-12H,3,9-10,13H2,1-2H3,(H,24,29). The van der Waals surface area contributed by atoms with Crippen molar-refractivity contribution in [3.63, 3.8) is 0 Å². The molecular weight excluding hydrogens is 415 g/mol. The van der Waals surface area contributed by atoms with Gasteiger partial charge in [0.2, 0.25) is 0 Å². The van der Waals surface area contributed by atoms with Crippen molar-refractivity contribution < 1.29 is 27.4 Å². The number of halogens is 3. The molecular formula is C20H22F3N5O3. The molecule has 3 rings (SSSR count). The molecule has 0 aliphatic heterocycles. The second kappa shape index (κ2) is 9.54. The molecule has 31 heavy (non-hydrogen) atoms. The SMILES string of the molecule is COc1ccc(OCn2ccc(C(=O)NCCCn3nc(C(F)(F)F)cc3C)n2)cc1. The largest absolute Gasteiger partial charge is 0.497 e. The van der Waals surface area contributed by atoms with Gasteiger partial charge in [0.15, 0.2) is 12.4 Å². The summed E-state index contributed by atoms with van der Waals surface area (Å²) in [4.78, 5) is 12.2. The molecule has 0 saturated carbocycles. The zero-order chi connectivity index (χ0) is 22.4. The van der Waals surface area contributed by atoms with Crippen LogP contribution in [0, 0.1) is 6.92 Å². The number of aryl methyl sites for hydroxylation is 2. The second-order valence-electron chi connectivity index (χ2n) is 6.69. The lowest BCUT2D eigenvalue weighted by molar-refractivity contribution is -0.141. The minimum Gasteiger partial charge on any atom is -0.497 e. The molecule has 0 aliphatic rings. The van der Waals surface area contributed by atoms with Crippen LogP contribution in [0.25, 0.3) is 0 Å². The Hall–Kier alpha value is -3.50. The molecule has 1 N–H and O–H groups in total. The van der Waals surface area contributed by atoms with Gasteiger partial charge in [0.1, 0.15) is 17.2 Å². The van der Waals surface area contributed by atoms with Gasteiger partial charge in [0.25, 0.3) is 5.91 Å². The molecule has 166 valence electrons. The van der Waals surface area contributed by atoms with Gasteiger partial charge in [-0.1, -0.05) is 0 Å². The molecule has 1 aromatic carbocycles. The zero-order valence-electron chi connectivity index (χ0n) is 17.0. The van der Waals surface area contributed by atoms with E-state index in [1.165, 1.54) is 9.36 Å². The Morgan fingerprint density at radius 3 is 2.48 bits per heavy atom. The van der Waals surface area contributed by atoms with Gasteiger partial charge < -0.3 is 14.8 Å². The Morgan fingerprint density at radius 2 is 1.84 bits per heavy atom. The van der Waals surface area contributed by atoms with E-state index < -0.39 is 11.9 Å². The molecule has 11 heteroatoms. The fourth-order valence-corrected chi connectivity index (χ4v) is 2.76. The lowest BCUT2D eigenvalue weighted by Gasteiger charge is -2.07. The van der Waals surface area contributed by atoms with Crippen LogP contribution in [-0.2, 0) is 19.5 Å². The van der Waals surface area contributed by atoms with E-state index >= 15 is 0 Å². The van der Waals surface area contributed by atoms with Gasteiger partial charge in [-0.05, 0) is 49.7 Å². The third-order valence-corrected chi connectivity index (χ3v) is 4.40. The fourth-order valence-electron chi connectivity index (χ4n) is 2.76. The van der Waals surface area contributed by atoms with E-state index in [2.05, 4.69) is 15.5 Å². The van der Waals surface area contributed by atoms with Crippen molar-refractivity contribution in [3.05, 3.63) is 59.7 Å². The molecule has 0 radical (unpaired) electrons. The number of hydrogen-bond donors (Lipinski definition) is 1. The van der Waals surface area contributed by atoms with E-state index in [1.54, 1.807) is 50.6 Å². The van der Waals surface area contributed by atoms with Gasteiger partial charge in [-0.3, -0.25) is 9.48 Å². The van der Waals surface area contributed by atoms with E-state index in [4.69, 9.17) is 9.47 Å². The van der Waals surface area contributed by atoms with Crippen LogP contribution in [0.4, 0.5) is 13.2 Å². The highest BCUT2D eigenvalue weighted by Gasteiger charge is 2.34. The Labute approximate surface area is 176 Å². The maximum atomic E-state index is 12.7. The topological polar surface area (TPSA) is 83.2 Å². The van der Waals surface area contributed by atoms with Crippen molar-refractivity contribution in [1.82, 2.24) is 24.9 Å². The average Bonchev–Trinajstić information content (AvgIpc) is 3.36. The molecule has 8 nitrogen and oxygen atoms in total. The van der Waals surface area contributed by atoms with Crippen molar-refractivity contribution in [1.29, 1.82) is 0 Å². The van der Waals surface area contributed by atoms with Crippen LogP contribution < -0.4 is 14.8 Å². The normalized spacial score (nSPS) is 11.4. The van der Waals surface area contributed by atoms with Crippen LogP contribution in [0.15, 0.2) is 42.6 Å². The van der Waals surface area contributed by atoms with Gasteiger partial charge >= 0.3 is 6.18 Å². The Balaban J connectivity index is 1.43. The second-order valence-corrected chi connectivity index (χ2v) is 6.69. The molecule has 2 heterocycles. The first-order chi connectivity index (χ1) is 14.8. The number of alkyl halides is 3. The summed E-state index contributed by atoms with van der Waals surface area (Å²) in [6, 6.07) is 9.61. The van der Waals surface area contributed by atoms with Crippen LogP contribution >= 0.6 is 0 Å². The number of nitrogens with zero attached hydrogens (tertiary/aromatic N) is 4. The van der Waals surface area contributed by atoms with Crippen LogP contribution in [0.3, 0.4) is 0 Å². The molecule has 0 bridgehead atoms. The molecule has 0 aliphatic carbocycles. The summed E-state index contributed by atoms with van der Waals surface area (Å²) >= 11 is 0. The third-order valence-electron chi connectivity index (χ3n) is 4.40. The number of carbonyl (C=O) groups is 1. The quantitative estimate of drug-likeness (QED) is 0.520. The number of aromatic nitrogens is 4. The van der Waals surface area contributed by atoms with Gasteiger partial charge in [-0.15, -0.1) is 0 Å². The number of carbonyl (C=O) groups excluding carboxylic acids is 1. The van der Waals surface area contributed by atoms with Crippen LogP contribution in [-0.4, -0.2) is 39.1 Å². The predicted octanol–water partition coefficient (Wildman–Crippen LogP) is 3.27. The highest BCUT2D eigenvalue weighted by Crippen LogP contribution is 2.28. The van der Waals surface area contributed by atoms with Gasteiger partial charge in [0.05, 0.1) is 7.11 Å². The number of ether oxygens (including phenoxy) is 2. The highest BCUT2D eigenvalue weighted by atomic mass is 19.4. The van der Waals surface area contributed by atoms with Crippen LogP contribution in [0.5, 0.6) is 11.5 Å². The molecule has 0 fully saturated rings. The maximum absolute atomic E-state index is 12.7. The van der Waals surface area contributed by atoms with Crippen molar-refractivity contribution in [2.24, 2.45) is 0 Å². The summed E-state index contributed by atoms with van der Waals surface area (Å²) in [6.45, 7) is 2.21. The Bertz CT molecular complexity index is 1010. The van der Waals surface area contributed by atoms with Crippen molar-refractivity contribution in [3.8, 4) is 11.5 Å². The van der Waals surface area contributed by atoms with Crippen molar-refractivity contribution >= 4 is 5.91 Å². The summed E-state index contributed by atoms with van der Waals surface area (Å²) in [5, 5.41) is 10.4. The van der Waals surface area contributed by atoms with Gasteiger partial charge in [0, 0.05) is 25.0 Å². The number of rotatable bonds is 9. The van der Waals surface area contributed by atoms with Crippen LogP contribution in [0.2, 0.25) is 0 Å². The van der Waals surface area contributed by atoms with Gasteiger partial charge in [-0.25, -0.2) is 4.68 Å². The maximum Gasteiger partial charge on any atom is 0.435 e. The van der Waals surface area contributed by atoms with E-state index in [1.807, 2.05) is 0 Å². The zero-order valence-corrected chi connectivity index (χ0v) is 17.0. The molecule has 2 aromatic heterocycles. The molecule has 0 unspecified atom stereocenters. The molecule has 3 aromatic rings. The van der Waals surface area contributed by atoms with Crippen LogP contribution in [0.1, 0.15) is 28.3 Å². The lowest BCUT2D eigenvalue weighted by atomic mass is 10.3. The van der Waals surface area contributed by atoms with E-state index in [0.29, 0.717) is 23.6 Å².